The second-order valence-corrected chi connectivity index (χ2v) is 7.82. The Balaban J connectivity index is 1.41. The van der Waals surface area contributed by atoms with Gasteiger partial charge in [0, 0.05) is 30.6 Å². The van der Waals surface area contributed by atoms with Crippen LogP contribution < -0.4 is 10.5 Å². The van der Waals surface area contributed by atoms with Gasteiger partial charge in [-0.2, -0.15) is 0 Å². The summed E-state index contributed by atoms with van der Waals surface area (Å²) < 4.78 is 20.0. The second kappa shape index (κ2) is 7.52. The Morgan fingerprint density at radius 3 is 3.07 bits per heavy atom. The molecule has 0 spiro atoms. The normalized spacial score (nSPS) is 17.2. The van der Waals surface area contributed by atoms with Crippen molar-refractivity contribution in [3.05, 3.63) is 53.8 Å². The van der Waals surface area contributed by atoms with Gasteiger partial charge in [0.05, 0.1) is 16.8 Å². The molecule has 4 rings (SSSR count). The van der Waals surface area contributed by atoms with Crippen LogP contribution in [0.1, 0.15) is 23.2 Å². The molecule has 1 amide bonds. The van der Waals surface area contributed by atoms with Crippen LogP contribution in [0.5, 0.6) is 5.75 Å². The number of nitrogens with zero attached hydrogens (tertiary/aromatic N) is 2. The van der Waals surface area contributed by atoms with Crippen LogP contribution in [0.2, 0.25) is 0 Å². The number of carbonyl (C=O) groups excluding carboxylic acids is 1. The number of piperidine rings is 1. The zero-order chi connectivity index (χ0) is 18.8. The number of thiazole rings is 1. The maximum Gasteiger partial charge on any atom is 0.253 e. The van der Waals surface area contributed by atoms with Crippen molar-refractivity contribution in [2.75, 3.05) is 25.4 Å². The number of aromatic nitrogens is 1. The number of rotatable bonds is 4. The first-order valence-corrected chi connectivity index (χ1v) is 9.74. The number of benzene rings is 2. The van der Waals surface area contributed by atoms with E-state index in [0.717, 1.165) is 29.6 Å². The SMILES string of the molecule is Nc1nc2cc(C(=O)N3CCCC(COc4cccc(F)c4)C3)ccc2s1. The highest BCUT2D eigenvalue weighted by atomic mass is 32.1. The quantitative estimate of drug-likeness (QED) is 0.738. The summed E-state index contributed by atoms with van der Waals surface area (Å²) in [7, 11) is 0. The molecule has 1 unspecified atom stereocenters. The minimum Gasteiger partial charge on any atom is -0.493 e. The first-order chi connectivity index (χ1) is 13.1. The molecule has 2 aromatic carbocycles. The summed E-state index contributed by atoms with van der Waals surface area (Å²) in [5.41, 5.74) is 7.12. The van der Waals surface area contributed by atoms with E-state index in [1.54, 1.807) is 18.2 Å². The molecule has 1 aliphatic heterocycles. The standard InChI is InChI=1S/C20H20FN3O2S/c21-15-4-1-5-16(10-15)26-12-13-3-2-8-24(11-13)19(25)14-6-7-18-17(9-14)23-20(22)27-18/h1,4-7,9-10,13H,2-3,8,11-12H2,(H2,22,23). The number of hydrogen-bond acceptors (Lipinski definition) is 5. The number of anilines is 1. The van der Waals surface area contributed by atoms with Gasteiger partial charge in [-0.3, -0.25) is 4.79 Å². The Kier molecular flexibility index (Phi) is 4.94. The van der Waals surface area contributed by atoms with E-state index >= 15 is 0 Å². The van der Waals surface area contributed by atoms with Crippen molar-refractivity contribution in [3.63, 3.8) is 0 Å². The van der Waals surface area contributed by atoms with Crippen LogP contribution in [-0.2, 0) is 0 Å². The molecule has 140 valence electrons. The summed E-state index contributed by atoms with van der Waals surface area (Å²) in [5.74, 6) is 0.430. The molecular formula is C20H20FN3O2S. The summed E-state index contributed by atoms with van der Waals surface area (Å²) in [5, 5.41) is 0.502. The van der Waals surface area contributed by atoms with E-state index in [9.17, 15) is 9.18 Å². The molecule has 0 radical (unpaired) electrons. The number of fused-ring (bicyclic) bond motifs is 1. The van der Waals surface area contributed by atoms with E-state index in [4.69, 9.17) is 10.5 Å². The highest BCUT2D eigenvalue weighted by molar-refractivity contribution is 7.22. The Labute approximate surface area is 160 Å². The fourth-order valence-corrected chi connectivity index (χ4v) is 4.13. The van der Waals surface area contributed by atoms with E-state index in [-0.39, 0.29) is 17.6 Å². The van der Waals surface area contributed by atoms with Crippen molar-refractivity contribution in [1.29, 1.82) is 0 Å². The van der Waals surface area contributed by atoms with Crippen LogP contribution in [0.3, 0.4) is 0 Å². The summed E-state index contributed by atoms with van der Waals surface area (Å²) in [6, 6.07) is 11.7. The van der Waals surface area contributed by atoms with E-state index < -0.39 is 0 Å². The lowest BCUT2D eigenvalue weighted by molar-refractivity contribution is 0.0633. The lowest BCUT2D eigenvalue weighted by atomic mass is 9.98. The molecule has 7 heteroatoms. The van der Waals surface area contributed by atoms with Gasteiger partial charge in [-0.05, 0) is 43.2 Å². The molecule has 3 aromatic rings. The topological polar surface area (TPSA) is 68.5 Å². The minimum absolute atomic E-state index is 0.000994. The van der Waals surface area contributed by atoms with Crippen molar-refractivity contribution in [3.8, 4) is 5.75 Å². The van der Waals surface area contributed by atoms with Crippen molar-refractivity contribution in [2.45, 2.75) is 12.8 Å². The number of ether oxygens (including phenoxy) is 1. The highest BCUT2D eigenvalue weighted by Crippen LogP contribution is 2.26. The van der Waals surface area contributed by atoms with Crippen LogP contribution in [0.15, 0.2) is 42.5 Å². The maximum absolute atomic E-state index is 13.3. The Morgan fingerprint density at radius 2 is 2.22 bits per heavy atom. The van der Waals surface area contributed by atoms with Gasteiger partial charge in [0.2, 0.25) is 0 Å². The molecule has 1 aliphatic rings. The Hall–Kier alpha value is -2.67. The smallest absolute Gasteiger partial charge is 0.253 e. The number of likely N-dealkylation sites (tertiary alicyclic amines) is 1. The van der Waals surface area contributed by atoms with Gasteiger partial charge in [-0.25, -0.2) is 9.37 Å². The Bertz CT molecular complexity index is 975. The average Bonchev–Trinajstić information content (AvgIpc) is 3.05. The molecule has 2 N–H and O–H groups in total. The largest absolute Gasteiger partial charge is 0.493 e. The van der Waals surface area contributed by atoms with Gasteiger partial charge in [-0.1, -0.05) is 17.4 Å². The number of nitrogen functional groups attached to an aromatic ring is 1. The monoisotopic (exact) mass is 385 g/mol. The fraction of sp³-hybridized carbons (Fsp3) is 0.300. The third kappa shape index (κ3) is 4.03. The fourth-order valence-electron chi connectivity index (χ4n) is 3.42. The third-order valence-electron chi connectivity index (χ3n) is 4.74. The lowest BCUT2D eigenvalue weighted by Crippen LogP contribution is -2.41. The first-order valence-electron chi connectivity index (χ1n) is 8.92. The predicted octanol–water partition coefficient (Wildman–Crippen LogP) is 3.95. The number of carbonyl (C=O) groups is 1. The second-order valence-electron chi connectivity index (χ2n) is 6.76. The maximum atomic E-state index is 13.3. The Morgan fingerprint density at radius 1 is 1.33 bits per heavy atom. The van der Waals surface area contributed by atoms with E-state index in [1.807, 2.05) is 17.0 Å². The number of hydrogen-bond donors (Lipinski definition) is 1. The van der Waals surface area contributed by atoms with Gasteiger partial charge in [0.15, 0.2) is 5.13 Å². The summed E-state index contributed by atoms with van der Waals surface area (Å²) in [6.45, 7) is 1.83. The number of halogens is 1. The van der Waals surface area contributed by atoms with Gasteiger partial charge >= 0.3 is 0 Å². The zero-order valence-corrected chi connectivity index (χ0v) is 15.5. The average molecular weight is 385 g/mol. The third-order valence-corrected chi connectivity index (χ3v) is 5.60. The van der Waals surface area contributed by atoms with E-state index in [2.05, 4.69) is 4.98 Å². The van der Waals surface area contributed by atoms with Crippen molar-refractivity contribution < 1.29 is 13.9 Å². The lowest BCUT2D eigenvalue weighted by Gasteiger charge is -2.32. The predicted molar refractivity (Wildman–Crippen MR) is 105 cm³/mol. The van der Waals surface area contributed by atoms with Crippen molar-refractivity contribution >= 4 is 32.6 Å². The van der Waals surface area contributed by atoms with Crippen LogP contribution in [0, 0.1) is 11.7 Å². The molecule has 1 saturated heterocycles. The van der Waals surface area contributed by atoms with Crippen LogP contribution >= 0.6 is 11.3 Å². The highest BCUT2D eigenvalue weighted by Gasteiger charge is 2.25. The number of nitrogens with two attached hydrogens (primary N) is 1. The molecular weight excluding hydrogens is 365 g/mol. The summed E-state index contributed by atoms with van der Waals surface area (Å²) in [4.78, 5) is 19.0. The minimum atomic E-state index is -0.314. The molecule has 5 nitrogen and oxygen atoms in total. The molecule has 27 heavy (non-hydrogen) atoms. The molecule has 0 bridgehead atoms. The van der Waals surface area contributed by atoms with Crippen molar-refractivity contribution in [2.24, 2.45) is 5.92 Å². The van der Waals surface area contributed by atoms with Gasteiger partial charge in [0.1, 0.15) is 11.6 Å². The van der Waals surface area contributed by atoms with Crippen molar-refractivity contribution in [1.82, 2.24) is 9.88 Å². The molecule has 1 aromatic heterocycles. The van der Waals surface area contributed by atoms with E-state index in [0.29, 0.717) is 29.6 Å². The van der Waals surface area contributed by atoms with Crippen LogP contribution in [-0.4, -0.2) is 35.5 Å². The van der Waals surface area contributed by atoms with E-state index in [1.165, 1.54) is 23.5 Å². The molecule has 0 saturated carbocycles. The summed E-state index contributed by atoms with van der Waals surface area (Å²) in [6.07, 6.45) is 1.91. The first kappa shape index (κ1) is 17.7. The molecule has 2 heterocycles. The van der Waals surface area contributed by atoms with Crippen LogP contribution in [0.25, 0.3) is 10.2 Å². The number of amides is 1. The van der Waals surface area contributed by atoms with Crippen LogP contribution in [0.4, 0.5) is 9.52 Å². The van der Waals surface area contributed by atoms with Gasteiger partial charge in [0.25, 0.3) is 5.91 Å². The summed E-state index contributed by atoms with van der Waals surface area (Å²) >= 11 is 1.41. The molecule has 1 atom stereocenters. The molecule has 1 fully saturated rings. The molecule has 0 aliphatic carbocycles. The van der Waals surface area contributed by atoms with Gasteiger partial charge < -0.3 is 15.4 Å². The zero-order valence-electron chi connectivity index (χ0n) is 14.7. The van der Waals surface area contributed by atoms with Gasteiger partial charge in [-0.15, -0.1) is 0 Å².